The van der Waals surface area contributed by atoms with Crippen LogP contribution in [0.4, 0.5) is 10.1 Å². The fourth-order valence-electron chi connectivity index (χ4n) is 3.69. The van der Waals surface area contributed by atoms with E-state index in [1.165, 1.54) is 41.3 Å². The zero-order valence-electron chi connectivity index (χ0n) is 21.5. The van der Waals surface area contributed by atoms with E-state index in [0.29, 0.717) is 17.7 Å². The van der Waals surface area contributed by atoms with Gasteiger partial charge in [0, 0.05) is 17.1 Å². The normalized spacial score (nSPS) is 12.9. The van der Waals surface area contributed by atoms with Crippen LogP contribution in [0.2, 0.25) is 0 Å². The lowest BCUT2D eigenvalue weighted by atomic mass is 10.1. The highest BCUT2D eigenvalue weighted by atomic mass is 79.9. The van der Waals surface area contributed by atoms with Gasteiger partial charge in [-0.1, -0.05) is 53.2 Å². The summed E-state index contributed by atoms with van der Waals surface area (Å²) in [5.74, 6) is -1.37. The smallest absolute Gasteiger partial charge is 0.264 e. The lowest BCUT2D eigenvalue weighted by Crippen LogP contribution is -2.52. The van der Waals surface area contributed by atoms with Crippen molar-refractivity contribution in [2.24, 2.45) is 0 Å². The van der Waals surface area contributed by atoms with Crippen molar-refractivity contribution in [2.75, 3.05) is 10.8 Å². The van der Waals surface area contributed by atoms with Crippen LogP contribution in [-0.4, -0.2) is 43.8 Å². The molecule has 0 saturated carbocycles. The highest BCUT2D eigenvalue weighted by Gasteiger charge is 2.32. The van der Waals surface area contributed by atoms with Crippen LogP contribution < -0.4 is 9.62 Å². The number of nitrogens with one attached hydrogen (secondary N) is 1. The third-order valence-corrected chi connectivity index (χ3v) is 8.48. The van der Waals surface area contributed by atoms with Crippen LogP contribution in [0.1, 0.15) is 32.8 Å². The summed E-state index contributed by atoms with van der Waals surface area (Å²) >= 11 is 3.35. The summed E-state index contributed by atoms with van der Waals surface area (Å²) in [6.07, 6.45) is 0.705. The van der Waals surface area contributed by atoms with Crippen LogP contribution in [0, 0.1) is 5.82 Å². The van der Waals surface area contributed by atoms with Gasteiger partial charge in [0.25, 0.3) is 10.0 Å². The SMILES string of the molecule is CC[C@@H](C)NC(=O)[C@@H](C)N(Cc1ccc(F)cc1)C(=O)CN(c1ccc(Br)cc1)S(=O)(=O)c1ccccc1. The summed E-state index contributed by atoms with van der Waals surface area (Å²) in [6.45, 7) is 4.84. The highest BCUT2D eigenvalue weighted by molar-refractivity contribution is 9.10. The van der Waals surface area contributed by atoms with Gasteiger partial charge in [0.15, 0.2) is 0 Å². The molecule has 2 atom stereocenters. The van der Waals surface area contributed by atoms with Crippen LogP contribution in [0.15, 0.2) is 88.2 Å². The predicted octanol–water partition coefficient (Wildman–Crippen LogP) is 5.12. The van der Waals surface area contributed by atoms with Crippen molar-refractivity contribution in [3.63, 3.8) is 0 Å². The highest BCUT2D eigenvalue weighted by Crippen LogP contribution is 2.26. The first-order valence-electron chi connectivity index (χ1n) is 12.2. The molecule has 0 aromatic heterocycles. The molecule has 0 aliphatic rings. The molecule has 3 aromatic rings. The Kier molecular flexibility index (Phi) is 10.0. The fraction of sp³-hybridized carbons (Fsp3) is 0.286. The number of amides is 2. The summed E-state index contributed by atoms with van der Waals surface area (Å²) < 4.78 is 42.7. The van der Waals surface area contributed by atoms with Crippen LogP contribution in [0.5, 0.6) is 0 Å². The lowest BCUT2D eigenvalue weighted by Gasteiger charge is -2.32. The Bertz CT molecular complexity index is 1340. The van der Waals surface area contributed by atoms with Crippen molar-refractivity contribution >= 4 is 43.5 Å². The second kappa shape index (κ2) is 13.0. The number of carbonyl (C=O) groups excluding carboxylic acids is 2. The lowest BCUT2D eigenvalue weighted by molar-refractivity contribution is -0.139. The fourth-order valence-corrected chi connectivity index (χ4v) is 5.39. The molecule has 1 N–H and O–H groups in total. The van der Waals surface area contributed by atoms with Crippen molar-refractivity contribution < 1.29 is 22.4 Å². The standard InChI is InChI=1S/C28H31BrFN3O4S/c1-4-20(2)31-28(35)21(3)32(18-22-10-14-24(30)15-11-22)27(34)19-33(25-16-12-23(29)13-17-25)38(36,37)26-8-6-5-7-9-26/h5-17,20-21H,4,18-19H2,1-3H3,(H,31,35)/t20-,21-/m1/s1. The number of hydrogen-bond donors (Lipinski definition) is 1. The molecule has 0 aliphatic carbocycles. The number of hydrogen-bond acceptors (Lipinski definition) is 4. The molecule has 0 saturated heterocycles. The van der Waals surface area contributed by atoms with Gasteiger partial charge in [-0.25, -0.2) is 12.8 Å². The quantitative estimate of drug-likeness (QED) is 0.330. The van der Waals surface area contributed by atoms with E-state index in [0.717, 1.165) is 8.78 Å². The number of carbonyl (C=O) groups is 2. The predicted molar refractivity (Wildman–Crippen MR) is 149 cm³/mol. The number of rotatable bonds is 11. The van der Waals surface area contributed by atoms with Crippen molar-refractivity contribution in [3.8, 4) is 0 Å². The summed E-state index contributed by atoms with van der Waals surface area (Å²) in [7, 11) is -4.12. The molecule has 0 fully saturated rings. The van der Waals surface area contributed by atoms with Crippen molar-refractivity contribution in [1.82, 2.24) is 10.2 Å². The zero-order valence-corrected chi connectivity index (χ0v) is 23.9. The number of nitrogens with zero attached hydrogens (tertiary/aromatic N) is 2. The first-order valence-corrected chi connectivity index (χ1v) is 14.4. The van der Waals surface area contributed by atoms with E-state index in [-0.39, 0.29) is 23.4 Å². The second-order valence-corrected chi connectivity index (χ2v) is 11.7. The number of sulfonamides is 1. The van der Waals surface area contributed by atoms with Gasteiger partial charge in [0.2, 0.25) is 11.8 Å². The van der Waals surface area contributed by atoms with E-state index in [4.69, 9.17) is 0 Å². The van der Waals surface area contributed by atoms with Gasteiger partial charge in [0.05, 0.1) is 10.6 Å². The van der Waals surface area contributed by atoms with E-state index in [9.17, 15) is 22.4 Å². The number of anilines is 1. The molecular weight excluding hydrogens is 573 g/mol. The molecule has 0 aliphatic heterocycles. The summed E-state index contributed by atoms with van der Waals surface area (Å²) in [5.41, 5.74) is 0.896. The molecule has 3 aromatic carbocycles. The molecular formula is C28H31BrFN3O4S. The first-order chi connectivity index (χ1) is 18.0. The Hall–Kier alpha value is -3.24. The van der Waals surface area contributed by atoms with Gasteiger partial charge in [0.1, 0.15) is 18.4 Å². The Balaban J connectivity index is 2.00. The first kappa shape index (κ1) is 29.3. The van der Waals surface area contributed by atoms with Gasteiger partial charge < -0.3 is 10.2 Å². The van der Waals surface area contributed by atoms with Crippen LogP contribution >= 0.6 is 15.9 Å². The Morgan fingerprint density at radius 2 is 1.55 bits per heavy atom. The number of halogens is 2. The van der Waals surface area contributed by atoms with Crippen LogP contribution in [0.25, 0.3) is 0 Å². The van der Waals surface area contributed by atoms with Crippen molar-refractivity contribution in [2.45, 2.75) is 50.7 Å². The van der Waals surface area contributed by atoms with Crippen LogP contribution in [-0.2, 0) is 26.2 Å². The molecule has 3 rings (SSSR count). The summed E-state index contributed by atoms with van der Waals surface area (Å²) in [4.78, 5) is 28.2. The summed E-state index contributed by atoms with van der Waals surface area (Å²) in [6, 6.07) is 19.0. The minimum atomic E-state index is -4.12. The molecule has 10 heteroatoms. The molecule has 0 radical (unpaired) electrons. The van der Waals surface area contributed by atoms with E-state index in [1.807, 2.05) is 13.8 Å². The maximum atomic E-state index is 13.8. The van der Waals surface area contributed by atoms with E-state index < -0.39 is 34.3 Å². The Morgan fingerprint density at radius 3 is 2.13 bits per heavy atom. The van der Waals surface area contributed by atoms with E-state index in [1.54, 1.807) is 49.4 Å². The van der Waals surface area contributed by atoms with Crippen molar-refractivity contribution in [1.29, 1.82) is 0 Å². The van der Waals surface area contributed by atoms with Gasteiger partial charge in [-0.2, -0.15) is 0 Å². The van der Waals surface area contributed by atoms with E-state index >= 15 is 0 Å². The maximum absolute atomic E-state index is 13.8. The minimum absolute atomic E-state index is 0.00618. The second-order valence-electron chi connectivity index (χ2n) is 8.94. The molecule has 0 bridgehead atoms. The maximum Gasteiger partial charge on any atom is 0.264 e. The third kappa shape index (κ3) is 7.41. The Morgan fingerprint density at radius 1 is 0.947 bits per heavy atom. The zero-order chi connectivity index (χ0) is 27.9. The number of benzene rings is 3. The topological polar surface area (TPSA) is 86.8 Å². The Labute approximate surface area is 231 Å². The van der Waals surface area contributed by atoms with Crippen LogP contribution in [0.3, 0.4) is 0 Å². The minimum Gasteiger partial charge on any atom is -0.352 e. The summed E-state index contributed by atoms with van der Waals surface area (Å²) in [5, 5.41) is 2.88. The molecule has 202 valence electrons. The molecule has 0 spiro atoms. The van der Waals surface area contributed by atoms with Gasteiger partial charge in [-0.15, -0.1) is 0 Å². The van der Waals surface area contributed by atoms with Crippen molar-refractivity contribution in [3.05, 3.63) is 94.7 Å². The van der Waals surface area contributed by atoms with Gasteiger partial charge in [-0.3, -0.25) is 13.9 Å². The average Bonchev–Trinajstić information content (AvgIpc) is 2.91. The third-order valence-electron chi connectivity index (χ3n) is 6.16. The molecule has 7 nitrogen and oxygen atoms in total. The molecule has 0 heterocycles. The molecule has 38 heavy (non-hydrogen) atoms. The molecule has 2 amide bonds. The van der Waals surface area contributed by atoms with Gasteiger partial charge >= 0.3 is 0 Å². The van der Waals surface area contributed by atoms with Gasteiger partial charge in [-0.05, 0) is 74.4 Å². The largest absolute Gasteiger partial charge is 0.352 e. The average molecular weight is 605 g/mol. The van der Waals surface area contributed by atoms with E-state index in [2.05, 4.69) is 21.2 Å². The molecule has 0 unspecified atom stereocenters. The monoisotopic (exact) mass is 603 g/mol.